The van der Waals surface area contributed by atoms with Crippen LogP contribution in [0.15, 0.2) is 6.07 Å². The van der Waals surface area contributed by atoms with Crippen molar-refractivity contribution in [3.63, 3.8) is 0 Å². The zero-order chi connectivity index (χ0) is 20.1. The second-order valence-electron chi connectivity index (χ2n) is 8.81. The maximum atomic E-state index is 13.0. The number of ether oxygens (including phenoxy) is 1. The lowest BCUT2D eigenvalue weighted by Gasteiger charge is -2.40. The Morgan fingerprint density at radius 3 is 2.54 bits per heavy atom. The number of carbonyl (C=O) groups excluding carboxylic acids is 1. The van der Waals surface area contributed by atoms with Gasteiger partial charge in [0.1, 0.15) is 5.69 Å². The van der Waals surface area contributed by atoms with Gasteiger partial charge in [-0.3, -0.25) is 4.79 Å². The average molecular weight is 390 g/mol. The van der Waals surface area contributed by atoms with E-state index in [9.17, 15) is 4.79 Å². The number of anilines is 1. The molecule has 2 aliphatic heterocycles. The largest absolute Gasteiger partial charge is 0.381 e. The van der Waals surface area contributed by atoms with Gasteiger partial charge in [0.05, 0.1) is 0 Å². The summed E-state index contributed by atoms with van der Waals surface area (Å²) in [6, 6.07) is 1.82. The summed E-state index contributed by atoms with van der Waals surface area (Å²) in [6.07, 6.45) is 4.55. The third-order valence-corrected chi connectivity index (χ3v) is 5.89. The highest BCUT2D eigenvalue weighted by atomic mass is 16.5. The van der Waals surface area contributed by atoms with Crippen molar-refractivity contribution in [1.82, 2.24) is 20.2 Å². The Bertz CT molecular complexity index is 639. The van der Waals surface area contributed by atoms with E-state index < -0.39 is 0 Å². The van der Waals surface area contributed by atoms with E-state index >= 15 is 0 Å². The summed E-state index contributed by atoms with van der Waals surface area (Å²) < 4.78 is 5.61. The molecule has 0 atom stereocenters. The fraction of sp³-hybridized carbons (Fsp3) is 0.762. The third kappa shape index (κ3) is 5.20. The van der Waals surface area contributed by atoms with E-state index in [4.69, 9.17) is 4.74 Å². The minimum absolute atomic E-state index is 0.0938. The van der Waals surface area contributed by atoms with Gasteiger partial charge in [0.2, 0.25) is 5.95 Å². The Hall–Kier alpha value is -1.73. The SMILES string of the molecule is CC(C)c1cc(C(=O)NCC2(CN3CCCC3)CCOCC2)nc(N(C)C)n1. The van der Waals surface area contributed by atoms with Crippen LogP contribution >= 0.6 is 0 Å². The molecule has 0 aromatic carbocycles. The van der Waals surface area contributed by atoms with Crippen molar-refractivity contribution in [3.05, 3.63) is 17.5 Å². The molecular formula is C21H35N5O2. The van der Waals surface area contributed by atoms with E-state index in [1.807, 2.05) is 25.1 Å². The third-order valence-electron chi connectivity index (χ3n) is 5.89. The van der Waals surface area contributed by atoms with E-state index in [0.29, 0.717) is 18.2 Å². The van der Waals surface area contributed by atoms with Crippen LogP contribution in [0.25, 0.3) is 0 Å². The van der Waals surface area contributed by atoms with Gasteiger partial charge in [0.25, 0.3) is 5.91 Å². The van der Waals surface area contributed by atoms with Crippen molar-refractivity contribution >= 4 is 11.9 Å². The molecule has 7 nitrogen and oxygen atoms in total. The van der Waals surface area contributed by atoms with E-state index in [1.165, 1.54) is 25.9 Å². The molecule has 3 rings (SSSR count). The highest BCUT2D eigenvalue weighted by Crippen LogP contribution is 2.32. The second-order valence-corrected chi connectivity index (χ2v) is 8.81. The Labute approximate surface area is 168 Å². The van der Waals surface area contributed by atoms with E-state index in [-0.39, 0.29) is 17.2 Å². The van der Waals surface area contributed by atoms with Gasteiger partial charge >= 0.3 is 0 Å². The van der Waals surface area contributed by atoms with Crippen LogP contribution in [0, 0.1) is 5.41 Å². The fourth-order valence-electron chi connectivity index (χ4n) is 4.03. The highest BCUT2D eigenvalue weighted by Gasteiger charge is 2.35. The van der Waals surface area contributed by atoms with Crippen molar-refractivity contribution in [2.24, 2.45) is 5.41 Å². The first kappa shape index (κ1) is 21.0. The standard InChI is InChI=1S/C21H35N5O2/c1-16(2)17-13-18(24-20(23-17)25(3)4)19(27)22-14-21(7-11-28-12-8-21)15-26-9-5-6-10-26/h13,16H,5-12,14-15H2,1-4H3,(H,22,27). The first-order valence-electron chi connectivity index (χ1n) is 10.5. The minimum Gasteiger partial charge on any atom is -0.381 e. The van der Waals surface area contributed by atoms with Crippen molar-refractivity contribution in [1.29, 1.82) is 0 Å². The summed E-state index contributed by atoms with van der Waals surface area (Å²) >= 11 is 0. The molecule has 0 radical (unpaired) electrons. The van der Waals surface area contributed by atoms with Crippen molar-refractivity contribution in [2.75, 3.05) is 58.4 Å². The van der Waals surface area contributed by atoms with Gasteiger partial charge in [-0.15, -0.1) is 0 Å². The van der Waals surface area contributed by atoms with Crippen molar-refractivity contribution < 1.29 is 9.53 Å². The van der Waals surface area contributed by atoms with Crippen LogP contribution in [0.3, 0.4) is 0 Å². The van der Waals surface area contributed by atoms with Crippen LogP contribution in [0.2, 0.25) is 0 Å². The molecule has 0 saturated carbocycles. The summed E-state index contributed by atoms with van der Waals surface area (Å²) in [5.41, 5.74) is 1.43. The number of rotatable bonds is 7. The Kier molecular flexibility index (Phi) is 6.88. The Balaban J connectivity index is 1.71. The van der Waals surface area contributed by atoms with Gasteiger partial charge in [0.15, 0.2) is 0 Å². The van der Waals surface area contributed by atoms with Crippen LogP contribution < -0.4 is 10.2 Å². The van der Waals surface area contributed by atoms with Crippen molar-refractivity contribution in [3.8, 4) is 0 Å². The first-order valence-corrected chi connectivity index (χ1v) is 10.5. The number of hydrogen-bond acceptors (Lipinski definition) is 6. The minimum atomic E-state index is -0.111. The molecule has 3 heterocycles. The fourth-order valence-corrected chi connectivity index (χ4v) is 4.03. The summed E-state index contributed by atoms with van der Waals surface area (Å²) in [5, 5.41) is 3.19. The number of nitrogens with zero attached hydrogens (tertiary/aromatic N) is 4. The van der Waals surface area contributed by atoms with Gasteiger partial charge in [-0.05, 0) is 50.8 Å². The monoisotopic (exact) mass is 389 g/mol. The molecule has 2 saturated heterocycles. The summed E-state index contributed by atoms with van der Waals surface area (Å²) in [6.45, 7) is 9.77. The van der Waals surface area contributed by atoms with Crippen LogP contribution in [0.4, 0.5) is 5.95 Å². The van der Waals surface area contributed by atoms with Crippen LogP contribution in [-0.2, 0) is 4.74 Å². The maximum Gasteiger partial charge on any atom is 0.270 e. The quantitative estimate of drug-likeness (QED) is 0.772. The summed E-state index contributed by atoms with van der Waals surface area (Å²) in [5.74, 6) is 0.708. The molecule has 2 fully saturated rings. The second kappa shape index (κ2) is 9.18. The molecule has 1 aromatic heterocycles. The average Bonchev–Trinajstić information content (AvgIpc) is 3.19. The molecule has 0 aliphatic carbocycles. The van der Waals surface area contributed by atoms with Gasteiger partial charge in [-0.2, -0.15) is 0 Å². The molecule has 28 heavy (non-hydrogen) atoms. The molecule has 156 valence electrons. The summed E-state index contributed by atoms with van der Waals surface area (Å²) in [4.78, 5) is 26.4. The lowest BCUT2D eigenvalue weighted by atomic mass is 9.79. The van der Waals surface area contributed by atoms with E-state index in [2.05, 4.69) is 34.0 Å². The lowest BCUT2D eigenvalue weighted by Crippen LogP contribution is -2.48. The number of amides is 1. The summed E-state index contributed by atoms with van der Waals surface area (Å²) in [7, 11) is 3.79. The normalized spacial score (nSPS) is 19.8. The number of nitrogens with one attached hydrogen (secondary N) is 1. The topological polar surface area (TPSA) is 70.6 Å². The van der Waals surface area contributed by atoms with Gasteiger partial charge in [-0.1, -0.05) is 13.8 Å². The smallest absolute Gasteiger partial charge is 0.270 e. The zero-order valence-electron chi connectivity index (χ0n) is 17.8. The van der Waals surface area contributed by atoms with Gasteiger partial charge in [-0.25, -0.2) is 9.97 Å². The zero-order valence-corrected chi connectivity index (χ0v) is 17.8. The molecule has 2 aliphatic rings. The first-order chi connectivity index (χ1) is 13.4. The molecule has 7 heteroatoms. The molecule has 1 N–H and O–H groups in total. The van der Waals surface area contributed by atoms with Crippen molar-refractivity contribution in [2.45, 2.75) is 45.4 Å². The van der Waals surface area contributed by atoms with E-state index in [1.54, 1.807) is 0 Å². The molecule has 1 amide bonds. The van der Waals surface area contributed by atoms with Crippen LogP contribution in [0.1, 0.15) is 61.6 Å². The van der Waals surface area contributed by atoms with Crippen LogP contribution in [-0.4, -0.2) is 74.3 Å². The Morgan fingerprint density at radius 1 is 1.25 bits per heavy atom. The Morgan fingerprint density at radius 2 is 1.93 bits per heavy atom. The predicted molar refractivity (Wildman–Crippen MR) is 111 cm³/mol. The number of likely N-dealkylation sites (tertiary alicyclic amines) is 1. The molecule has 0 spiro atoms. The lowest BCUT2D eigenvalue weighted by molar-refractivity contribution is -0.000653. The van der Waals surface area contributed by atoms with Gasteiger partial charge < -0.3 is 19.9 Å². The maximum absolute atomic E-state index is 13.0. The highest BCUT2D eigenvalue weighted by molar-refractivity contribution is 5.92. The number of hydrogen-bond donors (Lipinski definition) is 1. The molecule has 1 aromatic rings. The molecule has 0 unspecified atom stereocenters. The number of aromatic nitrogens is 2. The molecule has 0 bridgehead atoms. The van der Waals surface area contributed by atoms with Gasteiger partial charge in [0, 0.05) is 51.5 Å². The van der Waals surface area contributed by atoms with Crippen LogP contribution in [0.5, 0.6) is 0 Å². The molecular weight excluding hydrogens is 354 g/mol. The predicted octanol–water partition coefficient (Wildman–Crippen LogP) is 2.29. The van der Waals surface area contributed by atoms with E-state index in [0.717, 1.165) is 38.3 Å². The number of carbonyl (C=O) groups is 1.